The number of likely N-dealkylation sites (tertiary alicyclic amines) is 1. The van der Waals surface area contributed by atoms with Crippen molar-refractivity contribution in [1.29, 1.82) is 0 Å². The van der Waals surface area contributed by atoms with Gasteiger partial charge in [-0.15, -0.1) is 6.58 Å². The van der Waals surface area contributed by atoms with Crippen LogP contribution in [0.4, 0.5) is 4.79 Å². The summed E-state index contributed by atoms with van der Waals surface area (Å²) in [7, 11) is 0. The van der Waals surface area contributed by atoms with E-state index in [2.05, 4.69) is 41.7 Å². The van der Waals surface area contributed by atoms with Crippen LogP contribution in [0.15, 0.2) is 12.7 Å². The van der Waals surface area contributed by atoms with Gasteiger partial charge in [-0.25, -0.2) is 4.79 Å². The maximum Gasteiger partial charge on any atom is 0.408 e. The summed E-state index contributed by atoms with van der Waals surface area (Å²) in [5, 5.41) is 10.9. The van der Waals surface area contributed by atoms with Gasteiger partial charge >= 0.3 is 6.09 Å². The Kier molecular flexibility index (Phi) is 12.3. The van der Waals surface area contributed by atoms with Crippen molar-refractivity contribution in [3.63, 3.8) is 0 Å². The summed E-state index contributed by atoms with van der Waals surface area (Å²) in [4.78, 5) is 81.1. The van der Waals surface area contributed by atoms with Crippen molar-refractivity contribution in [3.8, 4) is 0 Å². The highest BCUT2D eigenvalue weighted by molar-refractivity contribution is 6.38. The Morgan fingerprint density at radius 2 is 1.62 bits per heavy atom. The Balaban J connectivity index is 1.77. The molecule has 47 heavy (non-hydrogen) atoms. The first-order valence-electron chi connectivity index (χ1n) is 17.1. The zero-order chi connectivity index (χ0) is 35.3. The molecule has 0 aromatic carbocycles. The van der Waals surface area contributed by atoms with E-state index in [1.165, 1.54) is 0 Å². The summed E-state index contributed by atoms with van der Waals surface area (Å²) < 4.78 is 5.50. The van der Waals surface area contributed by atoms with Gasteiger partial charge in [-0.05, 0) is 90.4 Å². The van der Waals surface area contributed by atoms with Crippen LogP contribution in [-0.2, 0) is 28.7 Å². The second-order valence-electron chi connectivity index (χ2n) is 16.0. The Morgan fingerprint density at radius 3 is 2.19 bits per heavy atom. The summed E-state index contributed by atoms with van der Waals surface area (Å²) in [5.41, 5.74) is -1.36. The summed E-state index contributed by atoms with van der Waals surface area (Å²) in [6, 6.07) is -2.85. The molecular weight excluding hydrogens is 602 g/mol. The molecule has 264 valence electrons. The normalized spacial score (nSPS) is 23.4. The zero-order valence-electron chi connectivity index (χ0n) is 29.6. The van der Waals surface area contributed by atoms with E-state index in [0.717, 1.165) is 32.1 Å². The zero-order valence-corrected chi connectivity index (χ0v) is 29.6. The molecule has 0 radical (unpaired) electrons. The lowest BCUT2D eigenvalue weighted by molar-refractivity contribution is -0.145. The first kappa shape index (κ1) is 38.0. The van der Waals surface area contributed by atoms with E-state index in [1.54, 1.807) is 31.7 Å². The van der Waals surface area contributed by atoms with Crippen molar-refractivity contribution < 1.29 is 33.5 Å². The van der Waals surface area contributed by atoms with Crippen LogP contribution in [0.2, 0.25) is 0 Å². The number of ketones is 1. The van der Waals surface area contributed by atoms with Crippen molar-refractivity contribution in [1.82, 2.24) is 26.2 Å². The van der Waals surface area contributed by atoms with Crippen molar-refractivity contribution in [2.75, 3.05) is 13.1 Å². The SMILES string of the molecule is C=CCCC(NC(=O)[C@@H]1[C@@H]2C(CN1C(=O)[C@@H](NC(=O)OC(C)(C)C)C1CCCCC1)C2(C)C)C(=O)C(=O)NCCC(=O)NC(C)(C)C. The van der Waals surface area contributed by atoms with E-state index in [0.29, 0.717) is 13.0 Å². The number of hydrogen-bond acceptors (Lipinski definition) is 7. The molecular formula is C35H57N5O7. The van der Waals surface area contributed by atoms with Crippen LogP contribution in [0.1, 0.15) is 107 Å². The van der Waals surface area contributed by atoms with Gasteiger partial charge in [0.2, 0.25) is 23.5 Å². The molecule has 1 aliphatic heterocycles. The molecule has 5 atom stereocenters. The fraction of sp³-hybridized carbons (Fsp3) is 0.771. The number of nitrogens with zero attached hydrogens (tertiary/aromatic N) is 1. The topological polar surface area (TPSA) is 163 Å². The Labute approximate surface area is 279 Å². The number of alkyl carbamates (subject to hydrolysis) is 1. The predicted octanol–water partition coefficient (Wildman–Crippen LogP) is 3.38. The molecule has 2 saturated carbocycles. The highest BCUT2D eigenvalue weighted by Crippen LogP contribution is 2.65. The first-order valence-corrected chi connectivity index (χ1v) is 17.1. The molecule has 12 heteroatoms. The number of carbonyl (C=O) groups is 6. The molecule has 0 aromatic rings. The van der Waals surface area contributed by atoms with Gasteiger partial charge in [-0.1, -0.05) is 39.2 Å². The fourth-order valence-electron chi connectivity index (χ4n) is 7.10. The smallest absolute Gasteiger partial charge is 0.408 e. The van der Waals surface area contributed by atoms with Crippen molar-refractivity contribution in [2.24, 2.45) is 23.2 Å². The summed E-state index contributed by atoms with van der Waals surface area (Å²) in [5.74, 6) is -2.96. The molecule has 12 nitrogen and oxygen atoms in total. The highest BCUT2D eigenvalue weighted by Gasteiger charge is 2.69. The number of amides is 5. The molecule has 3 rings (SSSR count). The third-order valence-electron chi connectivity index (χ3n) is 9.49. The van der Waals surface area contributed by atoms with Gasteiger partial charge in [0, 0.05) is 25.0 Å². The number of fused-ring (bicyclic) bond motifs is 1. The maximum atomic E-state index is 14.3. The van der Waals surface area contributed by atoms with Crippen LogP contribution < -0.4 is 21.3 Å². The van der Waals surface area contributed by atoms with E-state index >= 15 is 0 Å². The minimum atomic E-state index is -1.14. The first-order chi connectivity index (χ1) is 21.8. The molecule has 5 amide bonds. The summed E-state index contributed by atoms with van der Waals surface area (Å²) in [6.45, 7) is 19.0. The number of nitrogens with one attached hydrogen (secondary N) is 4. The molecule has 2 aliphatic carbocycles. The Bertz CT molecular complexity index is 1210. The third kappa shape index (κ3) is 10.3. The van der Waals surface area contributed by atoms with Crippen LogP contribution in [0.3, 0.4) is 0 Å². The standard InChI is InChI=1S/C35H57N5O7/c1-10-11-17-23(28(42)30(44)36-19-18-24(41)39-33(2,3)4)37-29(43)27-25-22(35(25,8)9)20-40(27)31(45)26(21-15-13-12-14-16-21)38-32(46)47-34(5,6)7/h10,21-23,25-27H,1,11-20H2,2-9H3,(H,36,44)(H,37,43)(H,38,46)(H,39,41)/t22?,23?,25-,26-,27-/m0/s1. The molecule has 3 aliphatic rings. The number of piperidine rings is 1. The maximum absolute atomic E-state index is 14.3. The van der Waals surface area contributed by atoms with E-state index in [1.807, 2.05) is 20.8 Å². The van der Waals surface area contributed by atoms with Crippen LogP contribution >= 0.6 is 0 Å². The van der Waals surface area contributed by atoms with Gasteiger partial charge < -0.3 is 30.9 Å². The number of carbonyl (C=O) groups excluding carboxylic acids is 6. The molecule has 1 saturated heterocycles. The van der Waals surface area contributed by atoms with Gasteiger partial charge in [0.05, 0.1) is 6.04 Å². The Hall–Kier alpha value is -3.44. The fourth-order valence-corrected chi connectivity index (χ4v) is 7.10. The minimum absolute atomic E-state index is 0.00321. The average Bonchev–Trinajstić information content (AvgIpc) is 3.26. The Morgan fingerprint density at radius 1 is 0.979 bits per heavy atom. The largest absolute Gasteiger partial charge is 0.444 e. The van der Waals surface area contributed by atoms with E-state index in [9.17, 15) is 28.8 Å². The van der Waals surface area contributed by atoms with Crippen LogP contribution in [-0.4, -0.2) is 82.8 Å². The van der Waals surface area contributed by atoms with Crippen LogP contribution in [0, 0.1) is 23.2 Å². The van der Waals surface area contributed by atoms with Crippen molar-refractivity contribution in [2.45, 2.75) is 136 Å². The number of ether oxygens (including phenoxy) is 1. The number of Topliss-reactive ketones (excluding diaryl/α,β-unsaturated/α-hetero) is 1. The van der Waals surface area contributed by atoms with Crippen LogP contribution in [0.25, 0.3) is 0 Å². The quantitative estimate of drug-likeness (QED) is 0.174. The lowest BCUT2D eigenvalue weighted by Gasteiger charge is -2.37. The average molecular weight is 660 g/mol. The number of rotatable bonds is 13. The second-order valence-corrected chi connectivity index (χ2v) is 16.0. The van der Waals surface area contributed by atoms with Gasteiger partial charge in [0.25, 0.3) is 5.91 Å². The highest BCUT2D eigenvalue weighted by atomic mass is 16.6. The van der Waals surface area contributed by atoms with Gasteiger partial charge in [0.15, 0.2) is 0 Å². The van der Waals surface area contributed by atoms with Gasteiger partial charge in [0.1, 0.15) is 17.7 Å². The molecule has 4 N–H and O–H groups in total. The van der Waals surface area contributed by atoms with E-state index in [4.69, 9.17) is 4.74 Å². The molecule has 0 bridgehead atoms. The number of allylic oxidation sites excluding steroid dienone is 1. The van der Waals surface area contributed by atoms with Gasteiger partial charge in [-0.2, -0.15) is 0 Å². The summed E-state index contributed by atoms with van der Waals surface area (Å²) >= 11 is 0. The van der Waals surface area contributed by atoms with Crippen LogP contribution in [0.5, 0.6) is 0 Å². The van der Waals surface area contributed by atoms with Gasteiger partial charge in [-0.3, -0.25) is 24.0 Å². The number of hydrogen-bond donors (Lipinski definition) is 4. The van der Waals surface area contributed by atoms with Crippen molar-refractivity contribution >= 4 is 35.5 Å². The van der Waals surface area contributed by atoms with E-state index in [-0.39, 0.29) is 54.4 Å². The molecule has 3 fully saturated rings. The predicted molar refractivity (Wildman–Crippen MR) is 178 cm³/mol. The molecule has 1 heterocycles. The van der Waals surface area contributed by atoms with E-state index < -0.39 is 53.0 Å². The molecule has 0 spiro atoms. The lowest BCUT2D eigenvalue weighted by Crippen LogP contribution is -2.60. The monoisotopic (exact) mass is 659 g/mol. The molecule has 2 unspecified atom stereocenters. The lowest BCUT2D eigenvalue weighted by atomic mass is 9.83. The summed E-state index contributed by atoms with van der Waals surface area (Å²) in [6.07, 6.45) is 5.95. The third-order valence-corrected chi connectivity index (χ3v) is 9.49. The second kappa shape index (κ2) is 15.2. The minimum Gasteiger partial charge on any atom is -0.444 e. The van der Waals surface area contributed by atoms with Crippen molar-refractivity contribution in [3.05, 3.63) is 12.7 Å². The molecule has 0 aromatic heterocycles.